The molecule has 3 aliphatic rings. The third-order valence-corrected chi connectivity index (χ3v) is 9.41. The van der Waals surface area contributed by atoms with Gasteiger partial charge in [0.15, 0.2) is 0 Å². The average Bonchev–Trinajstić information content (AvgIpc) is 2.97. The summed E-state index contributed by atoms with van der Waals surface area (Å²) >= 11 is 0. The van der Waals surface area contributed by atoms with E-state index in [-0.39, 0.29) is 5.54 Å². The van der Waals surface area contributed by atoms with E-state index < -0.39 is 0 Å². The van der Waals surface area contributed by atoms with Crippen LogP contribution in [-0.4, -0.2) is 17.8 Å². The largest absolute Gasteiger partial charge is 0.325 e. The second-order valence-corrected chi connectivity index (χ2v) is 10.5. The lowest BCUT2D eigenvalue weighted by Gasteiger charge is -2.64. The molecule has 3 aliphatic carbocycles. The molecular weight excluding hydrogens is 328 g/mol. The molecule has 0 aromatic carbocycles. The van der Waals surface area contributed by atoms with Crippen molar-refractivity contribution < 1.29 is 0 Å². The summed E-state index contributed by atoms with van der Waals surface area (Å²) in [7, 11) is 0. The number of allylic oxidation sites excluding steroid dienone is 1. The summed E-state index contributed by atoms with van der Waals surface area (Å²) in [6.07, 6.45) is 13.7. The Morgan fingerprint density at radius 3 is 2.48 bits per heavy atom. The van der Waals surface area contributed by atoms with Crippen LogP contribution in [-0.2, 0) is 0 Å². The maximum Gasteiger partial charge on any atom is 0.0360 e. The quantitative estimate of drug-likeness (QED) is 0.425. The number of fused-ring (bicyclic) bond motifs is 3. The maximum absolute atomic E-state index is 7.47. The van der Waals surface area contributed by atoms with Crippen molar-refractivity contribution in [3.05, 3.63) is 12.7 Å². The van der Waals surface area contributed by atoms with Crippen LogP contribution < -0.4 is 5.73 Å². The van der Waals surface area contributed by atoms with Gasteiger partial charge in [-0.1, -0.05) is 33.3 Å². The van der Waals surface area contributed by atoms with Gasteiger partial charge in [-0.3, -0.25) is 4.99 Å². The van der Waals surface area contributed by atoms with Gasteiger partial charge in [0.25, 0.3) is 0 Å². The fourth-order valence-corrected chi connectivity index (χ4v) is 8.32. The summed E-state index contributed by atoms with van der Waals surface area (Å²) < 4.78 is 0. The van der Waals surface area contributed by atoms with E-state index in [4.69, 9.17) is 10.7 Å². The Balaban J connectivity index is 1.95. The average molecular weight is 373 g/mol. The highest BCUT2D eigenvalue weighted by Crippen LogP contribution is 2.67. The zero-order chi connectivity index (χ0) is 19.9. The molecule has 27 heavy (non-hydrogen) atoms. The molecule has 154 valence electrons. The SMILES string of the molecule is C=CCC1CCC2(N)C(CCC3(C)C(C(C)=NCC)CCC32)C1(C)CCC. The second kappa shape index (κ2) is 7.65. The third-order valence-electron chi connectivity index (χ3n) is 9.41. The molecule has 0 radical (unpaired) electrons. The maximum atomic E-state index is 7.47. The minimum Gasteiger partial charge on any atom is -0.325 e. The highest BCUT2D eigenvalue weighted by Gasteiger charge is 2.64. The van der Waals surface area contributed by atoms with Crippen LogP contribution in [0.5, 0.6) is 0 Å². The standard InChI is InChI=1S/C25H44N2/c1-7-10-19-13-17-25(26)21-12-11-20(18(4)27-9-3)24(21,6)16-14-22(25)23(19,5)15-8-2/h7,19-22H,1,8-17,26H2,2-6H3. The molecule has 3 fully saturated rings. The number of nitrogens with two attached hydrogens (primary N) is 1. The molecule has 0 heterocycles. The molecule has 0 amide bonds. The first-order chi connectivity index (χ1) is 12.8. The lowest BCUT2D eigenvalue weighted by atomic mass is 9.43. The van der Waals surface area contributed by atoms with Crippen molar-refractivity contribution in [3.63, 3.8) is 0 Å². The fraction of sp³-hybridized carbons (Fsp3) is 0.880. The lowest BCUT2D eigenvalue weighted by molar-refractivity contribution is -0.111. The van der Waals surface area contributed by atoms with Gasteiger partial charge in [-0.15, -0.1) is 6.58 Å². The molecule has 2 nitrogen and oxygen atoms in total. The van der Waals surface area contributed by atoms with Crippen molar-refractivity contribution in [2.45, 2.75) is 97.9 Å². The van der Waals surface area contributed by atoms with E-state index in [1.807, 2.05) is 0 Å². The molecule has 2 N–H and O–H groups in total. The number of nitrogens with zero attached hydrogens (tertiary/aromatic N) is 1. The fourth-order valence-electron chi connectivity index (χ4n) is 8.32. The minimum absolute atomic E-state index is 0.0236. The Bertz CT molecular complexity index is 581. The van der Waals surface area contributed by atoms with Crippen LogP contribution in [0.4, 0.5) is 0 Å². The van der Waals surface area contributed by atoms with E-state index in [0.29, 0.717) is 28.6 Å². The molecule has 0 saturated heterocycles. The van der Waals surface area contributed by atoms with Crippen LogP contribution in [0.25, 0.3) is 0 Å². The van der Waals surface area contributed by atoms with E-state index in [2.05, 4.69) is 47.3 Å². The first-order valence-electron chi connectivity index (χ1n) is 11.7. The molecule has 0 spiro atoms. The van der Waals surface area contributed by atoms with Crippen molar-refractivity contribution in [2.24, 2.45) is 45.2 Å². The van der Waals surface area contributed by atoms with E-state index in [1.165, 1.54) is 57.1 Å². The van der Waals surface area contributed by atoms with E-state index in [9.17, 15) is 0 Å². The Kier molecular flexibility index (Phi) is 5.98. The van der Waals surface area contributed by atoms with Gasteiger partial charge in [-0.2, -0.15) is 0 Å². The van der Waals surface area contributed by atoms with Crippen molar-refractivity contribution in [3.8, 4) is 0 Å². The van der Waals surface area contributed by atoms with Crippen molar-refractivity contribution in [1.29, 1.82) is 0 Å². The van der Waals surface area contributed by atoms with Crippen LogP contribution in [0.15, 0.2) is 17.6 Å². The molecular formula is C25H44N2. The van der Waals surface area contributed by atoms with Crippen LogP contribution in [0, 0.1) is 34.5 Å². The highest BCUT2D eigenvalue weighted by molar-refractivity contribution is 5.85. The van der Waals surface area contributed by atoms with Gasteiger partial charge in [0, 0.05) is 23.7 Å². The highest BCUT2D eigenvalue weighted by atomic mass is 14.9. The van der Waals surface area contributed by atoms with Crippen molar-refractivity contribution in [1.82, 2.24) is 0 Å². The van der Waals surface area contributed by atoms with Gasteiger partial charge >= 0.3 is 0 Å². The first-order valence-corrected chi connectivity index (χ1v) is 11.7. The predicted octanol–water partition coefficient (Wildman–Crippen LogP) is 6.40. The smallest absolute Gasteiger partial charge is 0.0360 e. The Morgan fingerprint density at radius 2 is 1.85 bits per heavy atom. The van der Waals surface area contributed by atoms with Crippen molar-refractivity contribution in [2.75, 3.05) is 6.54 Å². The summed E-state index contributed by atoms with van der Waals surface area (Å²) in [4.78, 5) is 4.83. The zero-order valence-corrected chi connectivity index (χ0v) is 18.7. The third kappa shape index (κ3) is 3.15. The van der Waals surface area contributed by atoms with E-state index in [0.717, 1.165) is 18.9 Å². The number of aliphatic imine (C=N–C) groups is 1. The summed E-state index contributed by atoms with van der Waals surface area (Å²) in [5.74, 6) is 2.74. The van der Waals surface area contributed by atoms with Gasteiger partial charge in [-0.25, -0.2) is 0 Å². The van der Waals surface area contributed by atoms with Crippen LogP contribution in [0.1, 0.15) is 92.4 Å². The molecule has 0 aromatic heterocycles. The molecule has 2 heteroatoms. The number of rotatable bonds is 6. The van der Waals surface area contributed by atoms with Gasteiger partial charge in [0.2, 0.25) is 0 Å². The Morgan fingerprint density at radius 1 is 1.11 bits per heavy atom. The normalized spacial score (nSPS) is 47.4. The Labute approximate surface area is 168 Å². The van der Waals surface area contributed by atoms with Crippen LogP contribution in [0.2, 0.25) is 0 Å². The van der Waals surface area contributed by atoms with E-state index in [1.54, 1.807) is 0 Å². The summed E-state index contributed by atoms with van der Waals surface area (Å²) in [6, 6.07) is 0. The lowest BCUT2D eigenvalue weighted by Crippen LogP contribution is -2.67. The second-order valence-electron chi connectivity index (χ2n) is 10.5. The molecule has 3 saturated carbocycles. The molecule has 0 aliphatic heterocycles. The molecule has 7 unspecified atom stereocenters. The van der Waals surface area contributed by atoms with Gasteiger partial charge < -0.3 is 5.73 Å². The zero-order valence-electron chi connectivity index (χ0n) is 18.7. The number of hydrogen-bond donors (Lipinski definition) is 1. The monoisotopic (exact) mass is 372 g/mol. The molecule has 3 rings (SSSR count). The van der Waals surface area contributed by atoms with Gasteiger partial charge in [0.05, 0.1) is 0 Å². The molecule has 0 bridgehead atoms. The minimum atomic E-state index is 0.0236. The summed E-state index contributed by atoms with van der Waals surface area (Å²) in [5.41, 5.74) is 9.61. The van der Waals surface area contributed by atoms with E-state index >= 15 is 0 Å². The first kappa shape index (κ1) is 21.1. The molecule has 0 aromatic rings. The summed E-state index contributed by atoms with van der Waals surface area (Å²) in [5, 5.41) is 0. The summed E-state index contributed by atoms with van der Waals surface area (Å²) in [6.45, 7) is 16.9. The topological polar surface area (TPSA) is 38.4 Å². The predicted molar refractivity (Wildman–Crippen MR) is 118 cm³/mol. The number of hydrogen-bond acceptors (Lipinski definition) is 2. The van der Waals surface area contributed by atoms with Crippen LogP contribution >= 0.6 is 0 Å². The van der Waals surface area contributed by atoms with Crippen molar-refractivity contribution >= 4 is 5.71 Å². The molecule has 7 atom stereocenters. The Hall–Kier alpha value is -0.630. The van der Waals surface area contributed by atoms with Gasteiger partial charge in [0.1, 0.15) is 0 Å². The van der Waals surface area contributed by atoms with Gasteiger partial charge in [-0.05, 0) is 93.8 Å². The van der Waals surface area contributed by atoms with Crippen LogP contribution in [0.3, 0.4) is 0 Å².